The van der Waals surface area contributed by atoms with Gasteiger partial charge >= 0.3 is 0 Å². The van der Waals surface area contributed by atoms with Crippen LogP contribution in [0.25, 0.3) is 5.69 Å². The van der Waals surface area contributed by atoms with Gasteiger partial charge in [0.1, 0.15) is 5.75 Å². The molecule has 8 nitrogen and oxygen atoms in total. The number of carbonyl (C=O) groups excluding carboxylic acids is 2. The number of methoxy groups -OCH3 is 1. The molecule has 1 aliphatic rings. The molecule has 0 radical (unpaired) electrons. The summed E-state index contributed by atoms with van der Waals surface area (Å²) in [6.45, 7) is 2.28. The maximum atomic E-state index is 12.6. The monoisotopic (exact) mass is 363 g/mol. The van der Waals surface area contributed by atoms with Crippen LogP contribution in [0.4, 0.5) is 5.69 Å². The summed E-state index contributed by atoms with van der Waals surface area (Å²) in [6, 6.07) is 12.6. The molecular weight excluding hydrogens is 346 g/mol. The smallest absolute Gasteiger partial charge is 0.278 e. The van der Waals surface area contributed by atoms with Crippen molar-refractivity contribution in [3.05, 3.63) is 65.0 Å². The van der Waals surface area contributed by atoms with E-state index < -0.39 is 0 Å². The van der Waals surface area contributed by atoms with Crippen molar-refractivity contribution in [2.75, 3.05) is 12.4 Å². The van der Waals surface area contributed by atoms with Gasteiger partial charge in [0.2, 0.25) is 0 Å². The van der Waals surface area contributed by atoms with E-state index in [1.807, 2.05) is 30.3 Å². The van der Waals surface area contributed by atoms with Gasteiger partial charge in [0.15, 0.2) is 5.69 Å². The molecule has 2 amide bonds. The number of amides is 2. The molecule has 2 N–H and O–H groups in total. The number of nitrogens with zero attached hydrogens (tertiary/aromatic N) is 3. The topological polar surface area (TPSA) is 98.1 Å². The number of carbonyl (C=O) groups is 2. The zero-order chi connectivity index (χ0) is 19.0. The standard InChI is InChI=1S/C19H17N5O3/c1-11-17(22-23-24(11)14-4-3-5-15(9-14)27-2)19(26)21-13-7-6-12-10-20-18(25)16(12)8-13/h3-9H,10H2,1-2H3,(H,20,25)(H,21,26). The van der Waals surface area contributed by atoms with E-state index in [-0.39, 0.29) is 17.5 Å². The van der Waals surface area contributed by atoms with Crippen molar-refractivity contribution in [1.29, 1.82) is 0 Å². The average Bonchev–Trinajstić information content (AvgIpc) is 3.25. The fraction of sp³-hybridized carbons (Fsp3) is 0.158. The number of fused-ring (bicyclic) bond motifs is 1. The Morgan fingerprint density at radius 3 is 2.93 bits per heavy atom. The van der Waals surface area contributed by atoms with E-state index in [4.69, 9.17) is 4.74 Å². The molecule has 0 saturated heterocycles. The molecule has 2 aromatic carbocycles. The Bertz CT molecular complexity index is 1060. The zero-order valence-electron chi connectivity index (χ0n) is 14.8. The van der Waals surface area contributed by atoms with Crippen LogP contribution in [0, 0.1) is 6.92 Å². The van der Waals surface area contributed by atoms with Crippen LogP contribution in [0.15, 0.2) is 42.5 Å². The lowest BCUT2D eigenvalue weighted by Gasteiger charge is -2.07. The first-order valence-electron chi connectivity index (χ1n) is 8.36. The molecule has 0 spiro atoms. The van der Waals surface area contributed by atoms with E-state index in [9.17, 15) is 9.59 Å². The third-order valence-corrected chi connectivity index (χ3v) is 4.46. The van der Waals surface area contributed by atoms with Crippen molar-refractivity contribution >= 4 is 17.5 Å². The Morgan fingerprint density at radius 1 is 1.26 bits per heavy atom. The van der Waals surface area contributed by atoms with Crippen molar-refractivity contribution in [1.82, 2.24) is 20.3 Å². The largest absolute Gasteiger partial charge is 0.497 e. The summed E-state index contributed by atoms with van der Waals surface area (Å²) in [7, 11) is 1.59. The predicted molar refractivity (Wildman–Crippen MR) is 98.2 cm³/mol. The Morgan fingerprint density at radius 2 is 2.11 bits per heavy atom. The minimum atomic E-state index is -0.389. The highest BCUT2D eigenvalue weighted by molar-refractivity contribution is 6.05. The molecular formula is C19H17N5O3. The number of rotatable bonds is 4. The van der Waals surface area contributed by atoms with Gasteiger partial charge in [-0.05, 0) is 36.8 Å². The summed E-state index contributed by atoms with van der Waals surface area (Å²) in [5.41, 5.74) is 3.57. The fourth-order valence-corrected chi connectivity index (χ4v) is 3.01. The minimum absolute atomic E-state index is 0.138. The van der Waals surface area contributed by atoms with Gasteiger partial charge in [0, 0.05) is 23.9 Å². The van der Waals surface area contributed by atoms with Crippen LogP contribution in [0.3, 0.4) is 0 Å². The van der Waals surface area contributed by atoms with Crippen molar-refractivity contribution in [2.45, 2.75) is 13.5 Å². The van der Waals surface area contributed by atoms with Gasteiger partial charge < -0.3 is 15.4 Å². The van der Waals surface area contributed by atoms with E-state index in [1.54, 1.807) is 30.8 Å². The molecule has 0 saturated carbocycles. The molecule has 0 fully saturated rings. The Hall–Kier alpha value is -3.68. The first kappa shape index (κ1) is 16.8. The second-order valence-electron chi connectivity index (χ2n) is 6.15. The first-order valence-corrected chi connectivity index (χ1v) is 8.36. The van der Waals surface area contributed by atoms with Crippen LogP contribution in [-0.4, -0.2) is 33.9 Å². The van der Waals surface area contributed by atoms with Crippen LogP contribution in [0.2, 0.25) is 0 Å². The quantitative estimate of drug-likeness (QED) is 0.740. The lowest BCUT2D eigenvalue weighted by molar-refractivity contribution is 0.0964. The average molecular weight is 363 g/mol. The lowest BCUT2D eigenvalue weighted by atomic mass is 10.1. The van der Waals surface area contributed by atoms with Crippen molar-refractivity contribution in [3.63, 3.8) is 0 Å². The van der Waals surface area contributed by atoms with Gasteiger partial charge in [-0.1, -0.05) is 17.3 Å². The molecule has 0 atom stereocenters. The summed E-state index contributed by atoms with van der Waals surface area (Å²) in [4.78, 5) is 24.4. The SMILES string of the molecule is COc1cccc(-n2nnc(C(=O)Nc3ccc4c(c3)C(=O)NC4)c2C)c1. The summed E-state index contributed by atoms with van der Waals surface area (Å²) < 4.78 is 6.80. The summed E-state index contributed by atoms with van der Waals surface area (Å²) >= 11 is 0. The molecule has 0 aliphatic carbocycles. The predicted octanol–water partition coefficient (Wildman–Crippen LogP) is 2.08. The molecule has 8 heteroatoms. The Balaban J connectivity index is 1.59. The maximum absolute atomic E-state index is 12.6. The van der Waals surface area contributed by atoms with Gasteiger partial charge in [-0.3, -0.25) is 9.59 Å². The molecule has 136 valence electrons. The molecule has 0 unspecified atom stereocenters. The fourth-order valence-electron chi connectivity index (χ4n) is 3.01. The minimum Gasteiger partial charge on any atom is -0.497 e. The van der Waals surface area contributed by atoms with E-state index in [2.05, 4.69) is 20.9 Å². The lowest BCUT2D eigenvalue weighted by Crippen LogP contribution is -2.15. The number of anilines is 1. The zero-order valence-corrected chi connectivity index (χ0v) is 14.8. The molecule has 1 aromatic heterocycles. The number of ether oxygens (including phenoxy) is 1. The maximum Gasteiger partial charge on any atom is 0.278 e. The Kier molecular flexibility index (Phi) is 4.08. The second kappa shape index (κ2) is 6.56. The summed E-state index contributed by atoms with van der Waals surface area (Å²) in [5, 5.41) is 13.6. The van der Waals surface area contributed by atoms with Crippen LogP contribution >= 0.6 is 0 Å². The highest BCUT2D eigenvalue weighted by atomic mass is 16.5. The van der Waals surface area contributed by atoms with Gasteiger partial charge in [-0.25, -0.2) is 4.68 Å². The summed E-state index contributed by atoms with van der Waals surface area (Å²) in [5.74, 6) is 0.158. The number of aromatic nitrogens is 3. The van der Waals surface area contributed by atoms with Gasteiger partial charge in [-0.2, -0.15) is 0 Å². The molecule has 4 rings (SSSR count). The first-order chi connectivity index (χ1) is 13.1. The number of nitrogens with one attached hydrogen (secondary N) is 2. The third kappa shape index (κ3) is 3.01. The van der Waals surface area contributed by atoms with Gasteiger partial charge in [0.25, 0.3) is 11.8 Å². The van der Waals surface area contributed by atoms with Crippen molar-refractivity contribution in [3.8, 4) is 11.4 Å². The van der Waals surface area contributed by atoms with E-state index in [0.29, 0.717) is 29.2 Å². The second-order valence-corrected chi connectivity index (χ2v) is 6.15. The highest BCUT2D eigenvalue weighted by Gasteiger charge is 2.21. The van der Waals surface area contributed by atoms with Crippen molar-refractivity contribution in [2.24, 2.45) is 0 Å². The van der Waals surface area contributed by atoms with Crippen LogP contribution in [-0.2, 0) is 6.54 Å². The van der Waals surface area contributed by atoms with E-state index in [1.165, 1.54) is 0 Å². The highest BCUT2D eigenvalue weighted by Crippen LogP contribution is 2.22. The molecule has 27 heavy (non-hydrogen) atoms. The van der Waals surface area contributed by atoms with Gasteiger partial charge in [0.05, 0.1) is 18.5 Å². The number of hydrogen-bond donors (Lipinski definition) is 2. The normalized spacial score (nSPS) is 12.4. The molecule has 1 aliphatic heterocycles. The van der Waals surface area contributed by atoms with E-state index >= 15 is 0 Å². The van der Waals surface area contributed by atoms with Gasteiger partial charge in [-0.15, -0.1) is 5.10 Å². The third-order valence-electron chi connectivity index (χ3n) is 4.46. The van der Waals surface area contributed by atoms with Crippen LogP contribution < -0.4 is 15.4 Å². The Labute approximate surface area is 155 Å². The number of hydrogen-bond acceptors (Lipinski definition) is 5. The van der Waals surface area contributed by atoms with Crippen LogP contribution in [0.5, 0.6) is 5.75 Å². The molecule has 0 bridgehead atoms. The number of benzene rings is 2. The van der Waals surface area contributed by atoms with E-state index in [0.717, 1.165) is 11.3 Å². The van der Waals surface area contributed by atoms with Crippen molar-refractivity contribution < 1.29 is 14.3 Å². The van der Waals surface area contributed by atoms with Crippen LogP contribution in [0.1, 0.15) is 32.1 Å². The summed E-state index contributed by atoms with van der Waals surface area (Å²) in [6.07, 6.45) is 0. The molecule has 3 aromatic rings. The molecule has 2 heterocycles.